The molecule has 1 saturated heterocycles. The van der Waals surface area contributed by atoms with Gasteiger partial charge in [-0.3, -0.25) is 14.1 Å². The lowest BCUT2D eigenvalue weighted by molar-refractivity contribution is -0.166. The molecule has 0 aromatic carbocycles. The van der Waals surface area contributed by atoms with Crippen molar-refractivity contribution in [2.24, 2.45) is 17.8 Å². The fraction of sp³-hybridized carbons (Fsp3) is 0.786. The summed E-state index contributed by atoms with van der Waals surface area (Å²) < 4.78 is 70.3. The zero-order valence-electron chi connectivity index (χ0n) is 13.3. The van der Waals surface area contributed by atoms with Gasteiger partial charge in [-0.05, 0) is 12.8 Å². The number of carbonyl (C=O) groups excluding carboxylic acids is 3. The molecule has 1 aliphatic heterocycles. The monoisotopic (exact) mass is 398 g/mol. The Bertz CT molecular complexity index is 735. The summed E-state index contributed by atoms with van der Waals surface area (Å²) in [7, 11) is -5.86. The van der Waals surface area contributed by atoms with E-state index < -0.39 is 59.0 Å². The average molecular weight is 398 g/mol. The van der Waals surface area contributed by atoms with Crippen molar-refractivity contribution < 1.29 is 50.3 Å². The van der Waals surface area contributed by atoms with Crippen LogP contribution in [0.25, 0.3) is 0 Å². The van der Waals surface area contributed by atoms with Crippen LogP contribution in [0.4, 0.5) is 8.78 Å². The maximum absolute atomic E-state index is 13.0. The lowest BCUT2D eigenvalue weighted by Crippen LogP contribution is -2.38. The largest absolute Gasteiger partial charge is 0.458 e. The van der Waals surface area contributed by atoms with E-state index in [1.165, 1.54) is 0 Å². The van der Waals surface area contributed by atoms with E-state index in [1.807, 2.05) is 0 Å². The van der Waals surface area contributed by atoms with Crippen LogP contribution >= 0.6 is 0 Å². The molecule has 3 aliphatic rings. The Morgan fingerprint density at radius 1 is 1.31 bits per heavy atom. The number of fused-ring (bicyclic) bond motifs is 1. The molecule has 2 saturated carbocycles. The molecule has 9 nitrogen and oxygen atoms in total. The molecule has 0 radical (unpaired) electrons. The zero-order chi connectivity index (χ0) is 19.3. The number of carbonyl (C=O) groups is 3. The van der Waals surface area contributed by atoms with Gasteiger partial charge in [0.15, 0.2) is 0 Å². The molecule has 26 heavy (non-hydrogen) atoms. The van der Waals surface area contributed by atoms with Crippen molar-refractivity contribution in [2.45, 2.75) is 36.7 Å². The van der Waals surface area contributed by atoms with Crippen LogP contribution in [0.15, 0.2) is 0 Å². The van der Waals surface area contributed by atoms with Gasteiger partial charge >= 0.3 is 27.3 Å². The van der Waals surface area contributed by atoms with E-state index in [-0.39, 0.29) is 23.7 Å². The van der Waals surface area contributed by atoms with Gasteiger partial charge in [0.2, 0.25) is 5.78 Å². The first-order chi connectivity index (χ1) is 12.0. The summed E-state index contributed by atoms with van der Waals surface area (Å²) in [5.74, 6) is -3.20. The molecule has 146 valence electrons. The number of hydrogen-bond donors (Lipinski definition) is 1. The van der Waals surface area contributed by atoms with Gasteiger partial charge in [0.05, 0.1) is 12.5 Å². The van der Waals surface area contributed by atoms with E-state index in [2.05, 4.69) is 0 Å². The highest BCUT2D eigenvalue weighted by Gasteiger charge is 2.63. The number of esters is 2. The third-order valence-electron chi connectivity index (χ3n) is 5.02. The molecule has 0 spiro atoms. The minimum atomic E-state index is -5.86. The predicted molar refractivity (Wildman–Crippen MR) is 76.4 cm³/mol. The molecule has 1 N–H and O–H groups in total. The predicted octanol–water partition coefficient (Wildman–Crippen LogP) is -0.0640. The summed E-state index contributed by atoms with van der Waals surface area (Å²) in [4.78, 5) is 34.5. The molecule has 2 aliphatic carbocycles. The van der Waals surface area contributed by atoms with Gasteiger partial charge < -0.3 is 14.2 Å². The molecule has 2 bridgehead atoms. The number of ketones is 1. The number of rotatable bonds is 8. The van der Waals surface area contributed by atoms with Gasteiger partial charge in [-0.2, -0.15) is 17.2 Å². The van der Waals surface area contributed by atoms with Crippen LogP contribution in [-0.4, -0.2) is 61.4 Å². The molecule has 0 amide bonds. The van der Waals surface area contributed by atoms with Gasteiger partial charge in [-0.15, -0.1) is 0 Å². The van der Waals surface area contributed by atoms with E-state index >= 15 is 0 Å². The number of ether oxygens (including phenoxy) is 3. The number of Topliss-reactive ketones (excluding diaryl/α,β-unsaturated/α-hetero) is 1. The van der Waals surface area contributed by atoms with Crippen LogP contribution < -0.4 is 0 Å². The Morgan fingerprint density at radius 3 is 2.65 bits per heavy atom. The standard InChI is InChI=1S/C14H16F2O9S/c15-14(16,26(20,21)22)9(17)1-2-23-5-10(18)24-11-6-3-7-8(4-6)13(19)25-12(7)11/h6-8,11-12H,1-5H2,(H,20,21,22). The lowest BCUT2D eigenvalue weighted by Gasteiger charge is -2.25. The lowest BCUT2D eigenvalue weighted by atomic mass is 9.88. The second kappa shape index (κ2) is 6.50. The summed E-state index contributed by atoms with van der Waals surface area (Å²) >= 11 is 0. The van der Waals surface area contributed by atoms with Crippen molar-refractivity contribution >= 4 is 27.8 Å². The van der Waals surface area contributed by atoms with E-state index in [0.29, 0.717) is 6.42 Å². The smallest absolute Gasteiger partial charge is 0.426 e. The third-order valence-corrected chi connectivity index (χ3v) is 5.90. The van der Waals surface area contributed by atoms with Crippen LogP contribution in [0, 0.1) is 17.8 Å². The highest BCUT2D eigenvalue weighted by atomic mass is 32.2. The minimum absolute atomic E-state index is 0.0282. The summed E-state index contributed by atoms with van der Waals surface area (Å²) in [5, 5.41) is -4.93. The summed E-state index contributed by atoms with van der Waals surface area (Å²) in [6.45, 7) is -1.29. The summed E-state index contributed by atoms with van der Waals surface area (Å²) in [6.07, 6.45) is -0.720. The quantitative estimate of drug-likeness (QED) is 0.339. The molecule has 3 rings (SSSR count). The van der Waals surface area contributed by atoms with Crippen molar-refractivity contribution in [3.8, 4) is 0 Å². The van der Waals surface area contributed by atoms with Crippen LogP contribution in [0.3, 0.4) is 0 Å². The average Bonchev–Trinajstić information content (AvgIpc) is 3.15. The maximum Gasteiger partial charge on any atom is 0.426 e. The topological polar surface area (TPSA) is 133 Å². The fourth-order valence-corrected chi connectivity index (χ4v) is 4.25. The Morgan fingerprint density at radius 2 is 2.00 bits per heavy atom. The SMILES string of the molecule is O=C(COCCC(=O)C(F)(F)S(=O)(=O)O)OC1C2CC3C(=O)OC1C3C2. The van der Waals surface area contributed by atoms with Gasteiger partial charge in [0, 0.05) is 18.3 Å². The molecule has 3 fully saturated rings. The van der Waals surface area contributed by atoms with Crippen molar-refractivity contribution in [3.05, 3.63) is 0 Å². The van der Waals surface area contributed by atoms with Crippen LogP contribution in [0.1, 0.15) is 19.3 Å². The third kappa shape index (κ3) is 3.21. The number of halogens is 2. The first-order valence-corrected chi connectivity index (χ1v) is 9.32. The fourth-order valence-electron chi connectivity index (χ4n) is 3.86. The molecule has 1 heterocycles. The summed E-state index contributed by atoms with van der Waals surface area (Å²) in [5.41, 5.74) is 0. The Hall–Kier alpha value is -1.66. The maximum atomic E-state index is 13.0. The first kappa shape index (κ1) is 19.1. The van der Waals surface area contributed by atoms with Gasteiger partial charge in [-0.1, -0.05) is 0 Å². The van der Waals surface area contributed by atoms with Gasteiger partial charge in [0.25, 0.3) is 0 Å². The van der Waals surface area contributed by atoms with E-state index in [0.717, 1.165) is 6.42 Å². The Labute approximate surface area is 146 Å². The molecule has 12 heteroatoms. The van der Waals surface area contributed by atoms with Crippen LogP contribution in [-0.2, 0) is 38.7 Å². The van der Waals surface area contributed by atoms with E-state index in [9.17, 15) is 31.6 Å². The molecule has 5 atom stereocenters. The minimum Gasteiger partial charge on any atom is -0.458 e. The Kier molecular flexibility index (Phi) is 4.78. The molecular formula is C14H16F2O9S. The van der Waals surface area contributed by atoms with Crippen LogP contribution in [0.2, 0.25) is 0 Å². The second-order valence-corrected chi connectivity index (χ2v) is 8.04. The van der Waals surface area contributed by atoms with Crippen molar-refractivity contribution in [3.63, 3.8) is 0 Å². The highest BCUT2D eigenvalue weighted by molar-refractivity contribution is 7.87. The number of alkyl halides is 2. The Balaban J connectivity index is 1.41. The molecule has 0 aromatic rings. The van der Waals surface area contributed by atoms with E-state index in [1.54, 1.807) is 0 Å². The highest BCUT2D eigenvalue weighted by Crippen LogP contribution is 2.55. The molecular weight excluding hydrogens is 382 g/mol. The molecule has 0 aromatic heterocycles. The normalized spacial score (nSPS) is 32.6. The second-order valence-electron chi connectivity index (χ2n) is 6.58. The number of hydrogen-bond acceptors (Lipinski definition) is 8. The van der Waals surface area contributed by atoms with Crippen molar-refractivity contribution in [1.82, 2.24) is 0 Å². The van der Waals surface area contributed by atoms with Gasteiger partial charge in [0.1, 0.15) is 18.8 Å². The van der Waals surface area contributed by atoms with Crippen molar-refractivity contribution in [1.29, 1.82) is 0 Å². The van der Waals surface area contributed by atoms with Crippen molar-refractivity contribution in [2.75, 3.05) is 13.2 Å². The van der Waals surface area contributed by atoms with Crippen LogP contribution in [0.5, 0.6) is 0 Å². The van der Waals surface area contributed by atoms with Gasteiger partial charge in [-0.25, -0.2) is 4.79 Å². The van der Waals surface area contributed by atoms with E-state index in [4.69, 9.17) is 18.8 Å². The zero-order valence-corrected chi connectivity index (χ0v) is 14.1. The summed E-state index contributed by atoms with van der Waals surface area (Å²) in [6, 6.07) is 0. The first-order valence-electron chi connectivity index (χ1n) is 7.88. The molecule has 5 unspecified atom stereocenters.